The van der Waals surface area contributed by atoms with E-state index in [1.54, 1.807) is 0 Å². The first kappa shape index (κ1) is 15.5. The van der Waals surface area contributed by atoms with Gasteiger partial charge >= 0.3 is 18.0 Å². The maximum absolute atomic E-state index is 11.9. The van der Waals surface area contributed by atoms with Crippen molar-refractivity contribution < 1.29 is 19.2 Å². The normalized spacial score (nSPS) is 11.7. The van der Waals surface area contributed by atoms with E-state index >= 15 is 0 Å². The fourth-order valence-electron chi connectivity index (χ4n) is 1.74. The standard InChI is InChI=1S/C14H16N4O4/c1-9(12(19)20)8-18(2)14(21)16-13-15-11(17-22-13)10-6-4-3-5-7-10/h3-7,9H,8H2,1-2H3,(H,19,20)(H,15,16,17,21). The fourth-order valence-corrected chi connectivity index (χ4v) is 1.74. The van der Waals surface area contributed by atoms with Gasteiger partial charge in [0, 0.05) is 19.2 Å². The van der Waals surface area contributed by atoms with E-state index < -0.39 is 17.9 Å². The van der Waals surface area contributed by atoms with Gasteiger partial charge in [-0.25, -0.2) is 4.79 Å². The predicted molar refractivity (Wildman–Crippen MR) is 78.2 cm³/mol. The molecule has 0 aliphatic carbocycles. The van der Waals surface area contributed by atoms with Gasteiger partial charge in [-0.2, -0.15) is 4.98 Å². The summed E-state index contributed by atoms with van der Waals surface area (Å²) in [5.41, 5.74) is 0.764. The highest BCUT2D eigenvalue weighted by Crippen LogP contribution is 2.17. The minimum absolute atomic E-state index is 0.0429. The zero-order chi connectivity index (χ0) is 16.1. The van der Waals surface area contributed by atoms with Crippen molar-refractivity contribution in [2.24, 2.45) is 5.92 Å². The molecule has 2 amide bonds. The Morgan fingerprint density at radius 3 is 2.68 bits per heavy atom. The number of benzene rings is 1. The van der Waals surface area contributed by atoms with Crippen LogP contribution in [-0.4, -0.2) is 45.7 Å². The number of aliphatic carboxylic acids is 1. The molecule has 22 heavy (non-hydrogen) atoms. The summed E-state index contributed by atoms with van der Waals surface area (Å²) in [5, 5.41) is 15.0. The molecule has 0 saturated carbocycles. The molecule has 8 nitrogen and oxygen atoms in total. The molecule has 1 aromatic carbocycles. The quantitative estimate of drug-likeness (QED) is 0.873. The highest BCUT2D eigenvalue weighted by Gasteiger charge is 2.19. The van der Waals surface area contributed by atoms with Crippen molar-refractivity contribution >= 4 is 18.0 Å². The van der Waals surface area contributed by atoms with Crippen LogP contribution >= 0.6 is 0 Å². The molecule has 0 fully saturated rings. The zero-order valence-electron chi connectivity index (χ0n) is 12.2. The Hall–Kier alpha value is -2.90. The lowest BCUT2D eigenvalue weighted by Crippen LogP contribution is -2.36. The summed E-state index contributed by atoms with van der Waals surface area (Å²) in [4.78, 5) is 28.0. The number of aromatic nitrogens is 2. The number of anilines is 1. The molecule has 1 unspecified atom stereocenters. The van der Waals surface area contributed by atoms with Gasteiger partial charge in [-0.3, -0.25) is 10.1 Å². The lowest BCUT2D eigenvalue weighted by molar-refractivity contribution is -0.141. The number of carboxylic acid groups (broad SMARTS) is 1. The lowest BCUT2D eigenvalue weighted by Gasteiger charge is -2.18. The number of hydrogen-bond donors (Lipinski definition) is 2. The number of carboxylic acids is 1. The van der Waals surface area contributed by atoms with E-state index in [-0.39, 0.29) is 12.6 Å². The van der Waals surface area contributed by atoms with E-state index in [9.17, 15) is 9.59 Å². The molecule has 2 aromatic rings. The summed E-state index contributed by atoms with van der Waals surface area (Å²) in [6.07, 6.45) is 0. The Morgan fingerprint density at radius 1 is 1.36 bits per heavy atom. The first-order valence-electron chi connectivity index (χ1n) is 6.61. The van der Waals surface area contributed by atoms with E-state index in [1.807, 2.05) is 30.3 Å². The van der Waals surface area contributed by atoms with Crippen LogP contribution in [0, 0.1) is 5.92 Å². The van der Waals surface area contributed by atoms with Gasteiger partial charge in [0.05, 0.1) is 5.92 Å². The molecule has 116 valence electrons. The number of carbonyl (C=O) groups is 2. The number of nitrogens with one attached hydrogen (secondary N) is 1. The van der Waals surface area contributed by atoms with Crippen molar-refractivity contribution in [1.82, 2.24) is 15.0 Å². The van der Waals surface area contributed by atoms with E-state index in [1.165, 1.54) is 18.9 Å². The van der Waals surface area contributed by atoms with Gasteiger partial charge in [-0.1, -0.05) is 42.4 Å². The van der Waals surface area contributed by atoms with Gasteiger partial charge in [0.15, 0.2) is 0 Å². The molecule has 2 N–H and O–H groups in total. The van der Waals surface area contributed by atoms with Crippen molar-refractivity contribution in [2.75, 3.05) is 18.9 Å². The van der Waals surface area contributed by atoms with Gasteiger partial charge in [0.2, 0.25) is 5.82 Å². The van der Waals surface area contributed by atoms with Crippen LogP contribution in [-0.2, 0) is 4.79 Å². The summed E-state index contributed by atoms with van der Waals surface area (Å²) in [6.45, 7) is 1.59. The van der Waals surface area contributed by atoms with Crippen LogP contribution in [0.4, 0.5) is 10.8 Å². The number of hydrogen-bond acceptors (Lipinski definition) is 5. The molecule has 2 rings (SSSR count). The molecule has 1 atom stereocenters. The van der Waals surface area contributed by atoms with Crippen molar-refractivity contribution in [3.63, 3.8) is 0 Å². The molecule has 0 aliphatic heterocycles. The minimum Gasteiger partial charge on any atom is -0.481 e. The van der Waals surface area contributed by atoms with Crippen molar-refractivity contribution in [3.05, 3.63) is 30.3 Å². The number of urea groups is 1. The number of amides is 2. The first-order chi connectivity index (χ1) is 10.5. The largest absolute Gasteiger partial charge is 0.481 e. The van der Waals surface area contributed by atoms with Crippen LogP contribution in [0.5, 0.6) is 0 Å². The van der Waals surface area contributed by atoms with E-state index in [0.717, 1.165) is 5.56 Å². The molecule has 0 bridgehead atoms. The lowest BCUT2D eigenvalue weighted by atomic mass is 10.2. The second-order valence-electron chi connectivity index (χ2n) is 4.84. The van der Waals surface area contributed by atoms with Crippen molar-refractivity contribution in [1.29, 1.82) is 0 Å². The van der Waals surface area contributed by atoms with Crippen molar-refractivity contribution in [2.45, 2.75) is 6.92 Å². The summed E-state index contributed by atoms with van der Waals surface area (Å²) < 4.78 is 4.96. The Labute approximate surface area is 126 Å². The Bertz CT molecular complexity index is 656. The average Bonchev–Trinajstić information content (AvgIpc) is 2.96. The van der Waals surface area contributed by atoms with Gasteiger partial charge in [-0.05, 0) is 0 Å². The molecule has 1 heterocycles. The molecule has 0 radical (unpaired) electrons. The Kier molecular flexibility index (Phi) is 4.72. The summed E-state index contributed by atoms with van der Waals surface area (Å²) in [6, 6.07) is 8.62. The van der Waals surface area contributed by atoms with Crippen LogP contribution < -0.4 is 5.32 Å². The van der Waals surface area contributed by atoms with Gasteiger partial charge in [0.1, 0.15) is 0 Å². The van der Waals surface area contributed by atoms with Crippen molar-refractivity contribution in [3.8, 4) is 11.4 Å². The Balaban J connectivity index is 1.98. The third kappa shape index (κ3) is 3.81. The molecule has 0 spiro atoms. The SMILES string of the molecule is CC(CN(C)C(=O)Nc1nc(-c2ccccc2)no1)C(=O)O. The van der Waals surface area contributed by atoms with Gasteiger partial charge in [0.25, 0.3) is 0 Å². The fraction of sp³-hybridized carbons (Fsp3) is 0.286. The smallest absolute Gasteiger partial charge is 0.329 e. The topological polar surface area (TPSA) is 109 Å². The summed E-state index contributed by atoms with van der Waals surface area (Å²) in [5.74, 6) is -1.28. The number of carbonyl (C=O) groups excluding carboxylic acids is 1. The maximum atomic E-state index is 11.9. The van der Waals surface area contributed by atoms with Crippen LogP contribution in [0.1, 0.15) is 6.92 Å². The predicted octanol–water partition coefficient (Wildman–Crippen LogP) is 1.92. The molecule has 0 aliphatic rings. The summed E-state index contributed by atoms with van der Waals surface area (Å²) in [7, 11) is 1.49. The molecule has 8 heteroatoms. The number of rotatable bonds is 5. The molecule has 0 saturated heterocycles. The second kappa shape index (κ2) is 6.70. The van der Waals surface area contributed by atoms with E-state index in [2.05, 4.69) is 15.5 Å². The third-order valence-corrected chi connectivity index (χ3v) is 2.99. The zero-order valence-corrected chi connectivity index (χ0v) is 12.2. The van der Waals surface area contributed by atoms with Gasteiger partial charge < -0.3 is 14.5 Å². The maximum Gasteiger partial charge on any atom is 0.329 e. The molecular weight excluding hydrogens is 288 g/mol. The van der Waals surface area contributed by atoms with Crippen LogP contribution in [0.2, 0.25) is 0 Å². The van der Waals surface area contributed by atoms with E-state index in [0.29, 0.717) is 5.82 Å². The monoisotopic (exact) mass is 304 g/mol. The molecule has 1 aromatic heterocycles. The van der Waals surface area contributed by atoms with Crippen LogP contribution in [0.25, 0.3) is 11.4 Å². The van der Waals surface area contributed by atoms with Crippen LogP contribution in [0.15, 0.2) is 34.9 Å². The second-order valence-corrected chi connectivity index (χ2v) is 4.84. The highest BCUT2D eigenvalue weighted by molar-refractivity contribution is 5.87. The van der Waals surface area contributed by atoms with Crippen LogP contribution in [0.3, 0.4) is 0 Å². The third-order valence-electron chi connectivity index (χ3n) is 2.99. The minimum atomic E-state index is -0.969. The highest BCUT2D eigenvalue weighted by atomic mass is 16.5. The average molecular weight is 304 g/mol. The number of nitrogens with zero attached hydrogens (tertiary/aromatic N) is 3. The van der Waals surface area contributed by atoms with E-state index in [4.69, 9.17) is 9.63 Å². The summed E-state index contributed by atoms with van der Waals surface area (Å²) >= 11 is 0. The molecular formula is C14H16N4O4. The first-order valence-corrected chi connectivity index (χ1v) is 6.61. The van der Waals surface area contributed by atoms with Gasteiger partial charge in [-0.15, -0.1) is 0 Å². The Morgan fingerprint density at radius 2 is 2.05 bits per heavy atom.